The van der Waals surface area contributed by atoms with Crippen LogP contribution in [0.25, 0.3) is 0 Å². The number of carboxylic acid groups (broad SMARTS) is 1. The lowest BCUT2D eigenvalue weighted by Gasteiger charge is -2.43. The van der Waals surface area contributed by atoms with E-state index in [2.05, 4.69) is 0 Å². The van der Waals surface area contributed by atoms with Gasteiger partial charge < -0.3 is 10.2 Å². The molecule has 76 valence electrons. The average Bonchev–Trinajstić information content (AvgIpc) is 1.79. The zero-order chi connectivity index (χ0) is 10.3. The molecule has 3 heteroatoms. The molecule has 0 amide bonds. The van der Waals surface area contributed by atoms with Crippen molar-refractivity contribution in [3.05, 3.63) is 0 Å². The van der Waals surface area contributed by atoms with Gasteiger partial charge in [0.2, 0.25) is 0 Å². The van der Waals surface area contributed by atoms with E-state index in [-0.39, 0.29) is 11.3 Å². The Hall–Kier alpha value is -0.570. The minimum atomic E-state index is -0.736. The second-order valence-electron chi connectivity index (χ2n) is 5.09. The van der Waals surface area contributed by atoms with Gasteiger partial charge in [-0.3, -0.25) is 4.79 Å². The van der Waals surface area contributed by atoms with Crippen LogP contribution in [0.15, 0.2) is 0 Å². The summed E-state index contributed by atoms with van der Waals surface area (Å²) in [5.74, 6) is -1.05. The van der Waals surface area contributed by atoms with Crippen LogP contribution in [0.1, 0.15) is 40.0 Å². The van der Waals surface area contributed by atoms with Gasteiger partial charge >= 0.3 is 5.97 Å². The molecule has 1 rings (SSSR count). The van der Waals surface area contributed by atoms with Gasteiger partial charge in [-0.2, -0.15) is 0 Å². The largest absolute Gasteiger partial charge is 0.481 e. The number of hydrogen-bond acceptors (Lipinski definition) is 2. The Balaban J connectivity index is 2.79. The fourth-order valence-electron chi connectivity index (χ4n) is 2.50. The van der Waals surface area contributed by atoms with E-state index >= 15 is 0 Å². The van der Waals surface area contributed by atoms with Crippen molar-refractivity contribution in [2.24, 2.45) is 11.3 Å². The van der Waals surface area contributed by atoms with E-state index in [1.807, 2.05) is 13.8 Å². The van der Waals surface area contributed by atoms with Gasteiger partial charge in [0.05, 0.1) is 11.5 Å². The van der Waals surface area contributed by atoms with E-state index in [0.29, 0.717) is 19.3 Å². The highest BCUT2D eigenvalue weighted by Crippen LogP contribution is 2.44. The van der Waals surface area contributed by atoms with Crippen LogP contribution in [0, 0.1) is 11.3 Å². The Bertz CT molecular complexity index is 218. The summed E-state index contributed by atoms with van der Waals surface area (Å²) in [6, 6.07) is 0. The lowest BCUT2D eigenvalue weighted by molar-refractivity contribution is -0.152. The lowest BCUT2D eigenvalue weighted by atomic mass is 9.64. The molecule has 3 nitrogen and oxygen atoms in total. The molecule has 1 aliphatic carbocycles. The molecule has 2 unspecified atom stereocenters. The first kappa shape index (κ1) is 10.5. The third-order valence-corrected chi connectivity index (χ3v) is 3.05. The third-order valence-electron chi connectivity index (χ3n) is 3.05. The Kier molecular flexibility index (Phi) is 2.41. The van der Waals surface area contributed by atoms with E-state index in [1.165, 1.54) is 0 Å². The summed E-state index contributed by atoms with van der Waals surface area (Å²) in [5, 5.41) is 18.8. The minimum Gasteiger partial charge on any atom is -0.481 e. The second kappa shape index (κ2) is 2.98. The SMILES string of the molecule is CC1(O)CCC(C(=O)O)C(C)(C)C1. The van der Waals surface area contributed by atoms with E-state index in [0.717, 1.165) is 0 Å². The molecule has 0 aromatic carbocycles. The fraction of sp³-hybridized carbons (Fsp3) is 0.900. The van der Waals surface area contributed by atoms with E-state index in [1.54, 1.807) is 6.92 Å². The molecule has 0 saturated heterocycles. The highest BCUT2D eigenvalue weighted by molar-refractivity contribution is 5.71. The van der Waals surface area contributed by atoms with Crippen LogP contribution >= 0.6 is 0 Å². The van der Waals surface area contributed by atoms with Gasteiger partial charge in [0.15, 0.2) is 0 Å². The molecule has 0 aromatic heterocycles. The number of hydrogen-bond donors (Lipinski definition) is 2. The molecule has 1 saturated carbocycles. The zero-order valence-corrected chi connectivity index (χ0v) is 8.50. The molecular weight excluding hydrogens is 168 g/mol. The molecule has 0 radical (unpaired) electrons. The van der Waals surface area contributed by atoms with Crippen LogP contribution in [-0.2, 0) is 4.79 Å². The summed E-state index contributed by atoms with van der Waals surface area (Å²) in [7, 11) is 0. The molecule has 2 N–H and O–H groups in total. The van der Waals surface area contributed by atoms with Gasteiger partial charge in [0.1, 0.15) is 0 Å². The normalized spacial score (nSPS) is 38.6. The predicted octanol–water partition coefficient (Wildman–Crippen LogP) is 1.65. The van der Waals surface area contributed by atoms with Gasteiger partial charge in [-0.1, -0.05) is 13.8 Å². The number of rotatable bonds is 1. The fourth-order valence-corrected chi connectivity index (χ4v) is 2.50. The Labute approximate surface area is 78.8 Å². The third kappa shape index (κ3) is 2.21. The first-order valence-corrected chi connectivity index (χ1v) is 4.70. The Morgan fingerprint density at radius 1 is 1.38 bits per heavy atom. The van der Waals surface area contributed by atoms with Crippen molar-refractivity contribution in [1.29, 1.82) is 0 Å². The maximum absolute atomic E-state index is 10.9. The molecule has 1 fully saturated rings. The summed E-state index contributed by atoms with van der Waals surface area (Å²) >= 11 is 0. The molecule has 0 aliphatic heterocycles. The molecule has 13 heavy (non-hydrogen) atoms. The monoisotopic (exact) mass is 186 g/mol. The van der Waals surface area contributed by atoms with Gasteiger partial charge in [-0.15, -0.1) is 0 Å². The highest BCUT2D eigenvalue weighted by Gasteiger charge is 2.44. The maximum atomic E-state index is 10.9. The average molecular weight is 186 g/mol. The summed E-state index contributed by atoms with van der Waals surface area (Å²) in [6.45, 7) is 5.62. The maximum Gasteiger partial charge on any atom is 0.307 e. The van der Waals surface area contributed by atoms with E-state index < -0.39 is 11.6 Å². The summed E-state index contributed by atoms with van der Waals surface area (Å²) in [6.07, 6.45) is 1.74. The van der Waals surface area contributed by atoms with Crippen molar-refractivity contribution >= 4 is 5.97 Å². The van der Waals surface area contributed by atoms with Crippen molar-refractivity contribution in [3.63, 3.8) is 0 Å². The minimum absolute atomic E-state index is 0.298. The van der Waals surface area contributed by atoms with E-state index in [9.17, 15) is 9.90 Å². The van der Waals surface area contributed by atoms with Crippen molar-refractivity contribution in [2.45, 2.75) is 45.6 Å². The standard InChI is InChI=1S/C10H18O3/c1-9(2)6-10(3,13)5-4-7(9)8(11)12/h7,13H,4-6H2,1-3H3,(H,11,12). The molecule has 2 atom stereocenters. The summed E-state index contributed by atoms with van der Waals surface area (Å²) in [5.41, 5.74) is -0.983. The van der Waals surface area contributed by atoms with Gasteiger partial charge in [-0.05, 0) is 31.6 Å². The number of aliphatic carboxylic acids is 1. The zero-order valence-electron chi connectivity index (χ0n) is 8.50. The highest BCUT2D eigenvalue weighted by atomic mass is 16.4. The van der Waals surface area contributed by atoms with Crippen LogP contribution in [0.5, 0.6) is 0 Å². The first-order valence-electron chi connectivity index (χ1n) is 4.70. The number of aliphatic hydroxyl groups is 1. The molecule has 0 bridgehead atoms. The van der Waals surface area contributed by atoms with Crippen LogP contribution in [-0.4, -0.2) is 21.8 Å². The van der Waals surface area contributed by atoms with Crippen molar-refractivity contribution in [2.75, 3.05) is 0 Å². The number of carbonyl (C=O) groups is 1. The van der Waals surface area contributed by atoms with Crippen molar-refractivity contribution in [1.82, 2.24) is 0 Å². The Morgan fingerprint density at radius 3 is 2.31 bits per heavy atom. The molecule has 0 heterocycles. The quantitative estimate of drug-likeness (QED) is 0.654. The van der Waals surface area contributed by atoms with Crippen LogP contribution < -0.4 is 0 Å². The van der Waals surface area contributed by atoms with Crippen molar-refractivity contribution in [3.8, 4) is 0 Å². The molecule has 1 aliphatic rings. The van der Waals surface area contributed by atoms with Gasteiger partial charge in [0, 0.05) is 0 Å². The molecule has 0 aromatic rings. The second-order valence-corrected chi connectivity index (χ2v) is 5.09. The van der Waals surface area contributed by atoms with Crippen LogP contribution in [0.2, 0.25) is 0 Å². The topological polar surface area (TPSA) is 57.5 Å². The van der Waals surface area contributed by atoms with E-state index in [4.69, 9.17) is 5.11 Å². The molecule has 0 spiro atoms. The predicted molar refractivity (Wildman–Crippen MR) is 49.4 cm³/mol. The summed E-state index contributed by atoms with van der Waals surface area (Å²) in [4.78, 5) is 10.9. The summed E-state index contributed by atoms with van der Waals surface area (Å²) < 4.78 is 0. The number of carboxylic acids is 1. The van der Waals surface area contributed by atoms with Gasteiger partial charge in [0.25, 0.3) is 0 Å². The van der Waals surface area contributed by atoms with Crippen LogP contribution in [0.4, 0.5) is 0 Å². The van der Waals surface area contributed by atoms with Crippen molar-refractivity contribution < 1.29 is 15.0 Å². The first-order chi connectivity index (χ1) is 5.75. The smallest absolute Gasteiger partial charge is 0.307 e. The van der Waals surface area contributed by atoms with Gasteiger partial charge in [-0.25, -0.2) is 0 Å². The van der Waals surface area contributed by atoms with Crippen LogP contribution in [0.3, 0.4) is 0 Å². The lowest BCUT2D eigenvalue weighted by Crippen LogP contribution is -2.44. The molecular formula is C10H18O3. The Morgan fingerprint density at radius 2 is 1.92 bits per heavy atom.